The van der Waals surface area contributed by atoms with E-state index in [1.54, 1.807) is 30.6 Å². The summed E-state index contributed by atoms with van der Waals surface area (Å²) < 4.78 is 5.33. The average molecular weight is 401 g/mol. The van der Waals surface area contributed by atoms with Crippen LogP contribution in [0.15, 0.2) is 29.5 Å². The molecule has 0 unspecified atom stereocenters. The molecule has 1 N–H and O–H groups in total. The molecular formula is C16H18Cl2N4O2S. The highest BCUT2D eigenvalue weighted by molar-refractivity contribution is 7.17. The van der Waals surface area contributed by atoms with E-state index in [9.17, 15) is 4.79 Å². The molecule has 2 rings (SSSR count). The molecule has 1 amide bonds. The van der Waals surface area contributed by atoms with Gasteiger partial charge in [-0.3, -0.25) is 4.79 Å². The van der Waals surface area contributed by atoms with E-state index in [2.05, 4.69) is 34.3 Å². The molecule has 0 aliphatic carbocycles. The number of benzene rings is 1. The molecule has 0 spiro atoms. The van der Waals surface area contributed by atoms with Crippen LogP contribution in [0.2, 0.25) is 10.0 Å². The highest BCUT2D eigenvalue weighted by Crippen LogP contribution is 2.27. The maximum absolute atomic E-state index is 11.8. The van der Waals surface area contributed by atoms with Crippen molar-refractivity contribution in [2.75, 3.05) is 24.6 Å². The number of hydrogen-bond acceptors (Lipinski definition) is 6. The molecule has 0 fully saturated rings. The highest BCUT2D eigenvalue weighted by atomic mass is 35.5. The van der Waals surface area contributed by atoms with Gasteiger partial charge in [-0.25, -0.2) is 10.4 Å². The molecular weight excluding hydrogens is 383 g/mol. The van der Waals surface area contributed by atoms with E-state index >= 15 is 0 Å². The Morgan fingerprint density at radius 1 is 1.40 bits per heavy atom. The van der Waals surface area contributed by atoms with E-state index in [4.69, 9.17) is 27.9 Å². The van der Waals surface area contributed by atoms with E-state index < -0.39 is 5.91 Å². The number of amides is 1. The smallest absolute Gasteiger partial charge is 0.277 e. The molecule has 134 valence electrons. The fourth-order valence-electron chi connectivity index (χ4n) is 1.91. The van der Waals surface area contributed by atoms with Gasteiger partial charge >= 0.3 is 0 Å². The molecule has 1 aromatic carbocycles. The zero-order chi connectivity index (χ0) is 18.2. The lowest BCUT2D eigenvalue weighted by atomic mass is 10.3. The normalized spacial score (nSPS) is 10.9. The van der Waals surface area contributed by atoms with Crippen LogP contribution in [0.5, 0.6) is 5.75 Å². The number of nitrogens with zero attached hydrogens (tertiary/aromatic N) is 3. The molecule has 0 aliphatic rings. The summed E-state index contributed by atoms with van der Waals surface area (Å²) in [5.41, 5.74) is 2.40. The Balaban J connectivity index is 1.82. The van der Waals surface area contributed by atoms with Crippen molar-refractivity contribution in [3.05, 3.63) is 39.3 Å². The summed E-state index contributed by atoms with van der Waals surface area (Å²) in [4.78, 5) is 19.1. The number of hydrogen-bond donors (Lipinski definition) is 1. The number of rotatable bonds is 8. The predicted octanol–water partition coefficient (Wildman–Crippen LogP) is 3.83. The summed E-state index contributed by atoms with van der Waals surface area (Å²) >= 11 is 13.3. The van der Waals surface area contributed by atoms with Crippen LogP contribution in [0, 0.1) is 0 Å². The van der Waals surface area contributed by atoms with Crippen LogP contribution in [0.4, 0.5) is 5.13 Å². The SMILES string of the molecule is CCN(CC)c1ncc(/C=N\NC(=O)COc2ccc(Cl)cc2Cl)s1. The van der Waals surface area contributed by atoms with Crippen molar-refractivity contribution in [3.63, 3.8) is 0 Å². The molecule has 0 radical (unpaired) electrons. The zero-order valence-corrected chi connectivity index (χ0v) is 16.2. The number of thiazole rings is 1. The number of aromatic nitrogens is 1. The number of carbonyl (C=O) groups is 1. The minimum Gasteiger partial charge on any atom is -0.482 e. The standard InChI is InChI=1S/C16H18Cl2N4O2S/c1-3-22(4-2)16-19-8-12(25-16)9-20-21-15(23)10-24-14-6-5-11(17)7-13(14)18/h5-9H,3-4,10H2,1-2H3,(H,21,23)/b20-9-. The molecule has 1 heterocycles. The molecule has 9 heteroatoms. The molecule has 2 aromatic rings. The molecule has 0 atom stereocenters. The van der Waals surface area contributed by atoms with Crippen molar-refractivity contribution in [1.82, 2.24) is 10.4 Å². The second-order valence-electron chi connectivity index (χ2n) is 4.87. The first kappa shape index (κ1) is 19.5. The van der Waals surface area contributed by atoms with E-state index in [0.717, 1.165) is 23.1 Å². The van der Waals surface area contributed by atoms with Crippen LogP contribution >= 0.6 is 34.5 Å². The third kappa shape index (κ3) is 5.88. The van der Waals surface area contributed by atoms with Gasteiger partial charge in [0.15, 0.2) is 11.7 Å². The van der Waals surface area contributed by atoms with Crippen LogP contribution in [-0.2, 0) is 4.79 Å². The first-order valence-electron chi connectivity index (χ1n) is 7.64. The number of carbonyl (C=O) groups excluding carboxylic acids is 1. The fourth-order valence-corrected chi connectivity index (χ4v) is 3.29. The Morgan fingerprint density at radius 2 is 2.16 bits per heavy atom. The fraction of sp³-hybridized carbons (Fsp3) is 0.312. The predicted molar refractivity (Wildman–Crippen MR) is 103 cm³/mol. The van der Waals surface area contributed by atoms with Crippen LogP contribution in [-0.4, -0.2) is 36.8 Å². The van der Waals surface area contributed by atoms with Gasteiger partial charge in [0.2, 0.25) is 0 Å². The molecule has 0 aliphatic heterocycles. The van der Waals surface area contributed by atoms with Crippen molar-refractivity contribution < 1.29 is 9.53 Å². The van der Waals surface area contributed by atoms with E-state index in [0.29, 0.717) is 15.8 Å². The maximum atomic E-state index is 11.8. The summed E-state index contributed by atoms with van der Waals surface area (Å²) in [6.07, 6.45) is 3.27. The minimum atomic E-state index is -0.393. The molecule has 25 heavy (non-hydrogen) atoms. The van der Waals surface area contributed by atoms with Gasteiger partial charge in [0.05, 0.1) is 16.1 Å². The lowest BCUT2D eigenvalue weighted by Gasteiger charge is -2.16. The van der Waals surface area contributed by atoms with Crippen LogP contribution in [0.25, 0.3) is 0 Å². The monoisotopic (exact) mass is 400 g/mol. The third-order valence-corrected chi connectivity index (χ3v) is 4.70. The summed E-state index contributed by atoms with van der Waals surface area (Å²) in [6.45, 7) is 5.73. The lowest BCUT2D eigenvalue weighted by Crippen LogP contribution is -2.24. The van der Waals surface area contributed by atoms with Gasteiger partial charge in [0, 0.05) is 24.3 Å². The summed E-state index contributed by atoms with van der Waals surface area (Å²) in [5.74, 6) is -0.00716. The maximum Gasteiger partial charge on any atom is 0.277 e. The van der Waals surface area contributed by atoms with Crippen LogP contribution in [0.3, 0.4) is 0 Å². The number of anilines is 1. The van der Waals surface area contributed by atoms with Crippen molar-refractivity contribution in [3.8, 4) is 5.75 Å². The number of hydrazone groups is 1. The van der Waals surface area contributed by atoms with Crippen molar-refractivity contribution >= 4 is 51.8 Å². The third-order valence-electron chi connectivity index (χ3n) is 3.18. The summed E-state index contributed by atoms with van der Waals surface area (Å²) in [7, 11) is 0. The van der Waals surface area contributed by atoms with Gasteiger partial charge in [-0.05, 0) is 32.0 Å². The lowest BCUT2D eigenvalue weighted by molar-refractivity contribution is -0.123. The largest absolute Gasteiger partial charge is 0.482 e. The van der Waals surface area contributed by atoms with Crippen molar-refractivity contribution in [1.29, 1.82) is 0 Å². The van der Waals surface area contributed by atoms with E-state index in [1.165, 1.54) is 11.3 Å². The highest BCUT2D eigenvalue weighted by Gasteiger charge is 2.07. The zero-order valence-electron chi connectivity index (χ0n) is 13.8. The van der Waals surface area contributed by atoms with Crippen molar-refractivity contribution in [2.24, 2.45) is 5.10 Å². The summed E-state index contributed by atoms with van der Waals surface area (Å²) in [5, 5.41) is 5.68. The average Bonchev–Trinajstić information content (AvgIpc) is 3.04. The van der Waals surface area contributed by atoms with Gasteiger partial charge in [0.1, 0.15) is 5.75 Å². The number of halogens is 2. The van der Waals surface area contributed by atoms with Crippen LogP contribution in [0.1, 0.15) is 18.7 Å². The Hall–Kier alpha value is -1.83. The molecule has 0 saturated heterocycles. The minimum absolute atomic E-state index is 0.202. The van der Waals surface area contributed by atoms with Crippen LogP contribution < -0.4 is 15.1 Å². The van der Waals surface area contributed by atoms with E-state index in [1.807, 2.05) is 0 Å². The Morgan fingerprint density at radius 3 is 2.84 bits per heavy atom. The number of nitrogens with one attached hydrogen (secondary N) is 1. The van der Waals surface area contributed by atoms with Gasteiger partial charge in [0.25, 0.3) is 5.91 Å². The molecule has 0 bridgehead atoms. The van der Waals surface area contributed by atoms with Gasteiger partial charge in [-0.15, -0.1) is 0 Å². The second kappa shape index (κ2) is 9.60. The molecule has 6 nitrogen and oxygen atoms in total. The van der Waals surface area contributed by atoms with Gasteiger partial charge < -0.3 is 9.64 Å². The van der Waals surface area contributed by atoms with Gasteiger partial charge in [-0.1, -0.05) is 34.5 Å². The molecule has 1 aromatic heterocycles. The first-order chi connectivity index (χ1) is 12.0. The first-order valence-corrected chi connectivity index (χ1v) is 9.21. The van der Waals surface area contributed by atoms with Gasteiger partial charge in [-0.2, -0.15) is 5.10 Å². The Bertz CT molecular complexity index is 747. The number of ether oxygens (including phenoxy) is 1. The Kier molecular flexibility index (Phi) is 7.49. The topological polar surface area (TPSA) is 66.8 Å². The quantitative estimate of drug-likeness (QED) is 0.540. The molecule has 0 saturated carbocycles. The van der Waals surface area contributed by atoms with Crippen molar-refractivity contribution in [2.45, 2.75) is 13.8 Å². The van der Waals surface area contributed by atoms with E-state index in [-0.39, 0.29) is 6.61 Å². The second-order valence-corrected chi connectivity index (χ2v) is 6.76. The Labute approximate surface area is 160 Å². The summed E-state index contributed by atoms with van der Waals surface area (Å²) in [6, 6.07) is 4.79.